The highest BCUT2D eigenvalue weighted by Gasteiger charge is 2.11. The first-order chi connectivity index (χ1) is 11.6. The van der Waals surface area contributed by atoms with E-state index in [0.29, 0.717) is 18.2 Å². The SMILES string of the molecule is Cc1cnc(C)n2nc(CCc3nc(NCCCCl)nn3C)nc12. The standard InChI is InChI=1S/C15H21ClN8/c1-10-9-18-11(2)24-14(10)19-12(21-24)5-6-13-20-15(22-23(13)3)17-8-4-7-16/h9H,4-8H2,1-3H3,(H,17,22). The van der Waals surface area contributed by atoms with Gasteiger partial charge in [-0.1, -0.05) is 0 Å². The van der Waals surface area contributed by atoms with E-state index >= 15 is 0 Å². The summed E-state index contributed by atoms with van der Waals surface area (Å²) in [7, 11) is 1.89. The molecule has 0 atom stereocenters. The number of anilines is 1. The molecule has 3 rings (SSSR count). The number of aromatic nitrogens is 7. The van der Waals surface area contributed by atoms with Crippen molar-refractivity contribution < 1.29 is 0 Å². The Morgan fingerprint density at radius 2 is 2.00 bits per heavy atom. The molecule has 1 N–H and O–H groups in total. The molecule has 0 unspecified atom stereocenters. The molecule has 0 saturated carbocycles. The van der Waals surface area contributed by atoms with Crippen molar-refractivity contribution in [2.75, 3.05) is 17.7 Å². The maximum Gasteiger partial charge on any atom is 0.242 e. The van der Waals surface area contributed by atoms with Gasteiger partial charge in [0, 0.05) is 44.1 Å². The molecule has 3 aromatic heterocycles. The van der Waals surface area contributed by atoms with Gasteiger partial charge < -0.3 is 5.32 Å². The van der Waals surface area contributed by atoms with Crippen molar-refractivity contribution in [3.05, 3.63) is 29.2 Å². The minimum Gasteiger partial charge on any atom is -0.353 e. The van der Waals surface area contributed by atoms with E-state index in [4.69, 9.17) is 11.6 Å². The van der Waals surface area contributed by atoms with E-state index in [-0.39, 0.29) is 0 Å². The number of aryl methyl sites for hydroxylation is 5. The van der Waals surface area contributed by atoms with Gasteiger partial charge in [-0.05, 0) is 20.3 Å². The highest BCUT2D eigenvalue weighted by Crippen LogP contribution is 2.11. The second-order valence-electron chi connectivity index (χ2n) is 5.70. The van der Waals surface area contributed by atoms with Crippen LogP contribution < -0.4 is 5.32 Å². The topological polar surface area (TPSA) is 85.8 Å². The van der Waals surface area contributed by atoms with Crippen molar-refractivity contribution in [3.8, 4) is 0 Å². The van der Waals surface area contributed by atoms with Crippen molar-refractivity contribution >= 4 is 23.2 Å². The molecule has 128 valence electrons. The van der Waals surface area contributed by atoms with Gasteiger partial charge in [0.2, 0.25) is 5.95 Å². The molecule has 0 amide bonds. The van der Waals surface area contributed by atoms with Gasteiger partial charge in [0.15, 0.2) is 11.5 Å². The molecule has 0 aliphatic carbocycles. The second-order valence-corrected chi connectivity index (χ2v) is 6.07. The third-order valence-corrected chi connectivity index (χ3v) is 4.04. The molecule has 3 heterocycles. The molecule has 0 fully saturated rings. The van der Waals surface area contributed by atoms with E-state index in [9.17, 15) is 0 Å². The van der Waals surface area contributed by atoms with E-state index in [1.165, 1.54) is 0 Å². The molecule has 0 spiro atoms. The number of nitrogens with one attached hydrogen (secondary N) is 1. The molecule has 9 heteroatoms. The highest BCUT2D eigenvalue weighted by molar-refractivity contribution is 6.17. The monoisotopic (exact) mass is 348 g/mol. The number of halogens is 1. The Labute approximate surface area is 145 Å². The largest absolute Gasteiger partial charge is 0.353 e. The smallest absolute Gasteiger partial charge is 0.242 e. The fraction of sp³-hybridized carbons (Fsp3) is 0.533. The second kappa shape index (κ2) is 7.12. The van der Waals surface area contributed by atoms with Gasteiger partial charge in [-0.25, -0.2) is 9.97 Å². The summed E-state index contributed by atoms with van der Waals surface area (Å²) < 4.78 is 3.58. The minimum absolute atomic E-state index is 0.625. The van der Waals surface area contributed by atoms with Crippen LogP contribution >= 0.6 is 11.6 Å². The predicted octanol–water partition coefficient (Wildman–Crippen LogP) is 1.70. The van der Waals surface area contributed by atoms with Gasteiger partial charge >= 0.3 is 0 Å². The van der Waals surface area contributed by atoms with Crippen LogP contribution in [0.25, 0.3) is 5.65 Å². The molecule has 0 aliphatic heterocycles. The quantitative estimate of drug-likeness (QED) is 0.516. The van der Waals surface area contributed by atoms with E-state index in [1.54, 1.807) is 9.20 Å². The molecule has 0 aromatic carbocycles. The summed E-state index contributed by atoms with van der Waals surface area (Å²) in [4.78, 5) is 13.4. The molecule has 3 aromatic rings. The van der Waals surface area contributed by atoms with Crippen LogP contribution in [0.3, 0.4) is 0 Å². The first-order valence-corrected chi connectivity index (χ1v) is 8.49. The third-order valence-electron chi connectivity index (χ3n) is 3.77. The summed E-state index contributed by atoms with van der Waals surface area (Å²) in [6.45, 7) is 4.68. The summed E-state index contributed by atoms with van der Waals surface area (Å²) in [5, 5.41) is 12.1. The molecule has 0 aliphatic rings. The highest BCUT2D eigenvalue weighted by atomic mass is 35.5. The average Bonchev–Trinajstić information content (AvgIpc) is 3.14. The summed E-state index contributed by atoms with van der Waals surface area (Å²) in [6.07, 6.45) is 4.13. The summed E-state index contributed by atoms with van der Waals surface area (Å²) in [5.41, 5.74) is 1.88. The van der Waals surface area contributed by atoms with E-state index in [0.717, 1.165) is 48.1 Å². The van der Waals surface area contributed by atoms with Gasteiger partial charge in [0.1, 0.15) is 11.6 Å². The number of fused-ring (bicyclic) bond motifs is 1. The number of alkyl halides is 1. The van der Waals surface area contributed by atoms with Crippen LogP contribution in [0.5, 0.6) is 0 Å². The van der Waals surface area contributed by atoms with Crippen molar-refractivity contribution in [2.24, 2.45) is 7.05 Å². The predicted molar refractivity (Wildman–Crippen MR) is 92.5 cm³/mol. The fourth-order valence-corrected chi connectivity index (χ4v) is 2.58. The van der Waals surface area contributed by atoms with Crippen molar-refractivity contribution in [1.82, 2.24) is 34.3 Å². The Kier molecular flexibility index (Phi) is 4.94. The fourth-order valence-electron chi connectivity index (χ4n) is 2.44. The molecule has 0 bridgehead atoms. The maximum atomic E-state index is 5.67. The molecule has 0 saturated heterocycles. The number of nitrogens with zero attached hydrogens (tertiary/aromatic N) is 7. The van der Waals surface area contributed by atoms with Crippen LogP contribution in [-0.4, -0.2) is 46.8 Å². The average molecular weight is 349 g/mol. The number of rotatable bonds is 7. The van der Waals surface area contributed by atoms with Gasteiger partial charge in [0.25, 0.3) is 0 Å². The van der Waals surface area contributed by atoms with Crippen molar-refractivity contribution in [3.63, 3.8) is 0 Å². The Bertz CT molecular complexity index is 798. The summed E-state index contributed by atoms with van der Waals surface area (Å²) >= 11 is 5.67. The first-order valence-electron chi connectivity index (χ1n) is 7.96. The Morgan fingerprint density at radius 1 is 1.17 bits per heavy atom. The number of hydrogen-bond donors (Lipinski definition) is 1. The Hall–Kier alpha value is -2.22. The minimum atomic E-state index is 0.625. The lowest BCUT2D eigenvalue weighted by Crippen LogP contribution is -2.03. The Balaban J connectivity index is 1.70. The third kappa shape index (κ3) is 3.48. The molecule has 0 radical (unpaired) electrons. The van der Waals surface area contributed by atoms with Gasteiger partial charge in [-0.3, -0.25) is 4.68 Å². The number of hydrogen-bond acceptors (Lipinski definition) is 6. The van der Waals surface area contributed by atoms with E-state index in [2.05, 4.69) is 30.5 Å². The summed E-state index contributed by atoms with van der Waals surface area (Å²) in [5.74, 6) is 3.78. The molecule has 24 heavy (non-hydrogen) atoms. The Morgan fingerprint density at radius 3 is 2.75 bits per heavy atom. The lowest BCUT2D eigenvalue weighted by atomic mass is 10.3. The molecular formula is C15H21ClN8. The van der Waals surface area contributed by atoms with Gasteiger partial charge in [0.05, 0.1) is 0 Å². The zero-order valence-electron chi connectivity index (χ0n) is 14.1. The van der Waals surface area contributed by atoms with E-state index < -0.39 is 0 Å². The van der Waals surface area contributed by atoms with Crippen LogP contribution in [0.2, 0.25) is 0 Å². The van der Waals surface area contributed by atoms with Crippen LogP contribution in [-0.2, 0) is 19.9 Å². The van der Waals surface area contributed by atoms with Crippen LogP contribution in [0.15, 0.2) is 6.20 Å². The molecule has 8 nitrogen and oxygen atoms in total. The zero-order chi connectivity index (χ0) is 17.1. The van der Waals surface area contributed by atoms with Crippen LogP contribution in [0.1, 0.15) is 29.5 Å². The van der Waals surface area contributed by atoms with Crippen molar-refractivity contribution in [1.29, 1.82) is 0 Å². The van der Waals surface area contributed by atoms with Gasteiger partial charge in [-0.15, -0.1) is 21.8 Å². The first kappa shape index (κ1) is 16.6. The van der Waals surface area contributed by atoms with Crippen LogP contribution in [0, 0.1) is 13.8 Å². The van der Waals surface area contributed by atoms with Crippen LogP contribution in [0.4, 0.5) is 5.95 Å². The van der Waals surface area contributed by atoms with Crippen molar-refractivity contribution in [2.45, 2.75) is 33.1 Å². The van der Waals surface area contributed by atoms with E-state index in [1.807, 2.05) is 27.1 Å². The zero-order valence-corrected chi connectivity index (χ0v) is 14.9. The maximum absolute atomic E-state index is 5.67. The van der Waals surface area contributed by atoms with Gasteiger partial charge in [-0.2, -0.15) is 9.50 Å². The summed E-state index contributed by atoms with van der Waals surface area (Å²) in [6, 6.07) is 0. The lowest BCUT2D eigenvalue weighted by Gasteiger charge is -1.97. The molecular weight excluding hydrogens is 328 g/mol. The normalized spacial score (nSPS) is 11.3. The lowest BCUT2D eigenvalue weighted by molar-refractivity contribution is 0.682.